The standard InChI is InChI=1S/C10H15N3O/c1-8-6-10(12-11-7-8)13(4-5-14)9-2-3-9/h6-7,9,14H,2-5H2,1H3. The molecule has 0 spiro atoms. The fraction of sp³-hybridized carbons (Fsp3) is 0.600. The van der Waals surface area contributed by atoms with Crippen molar-refractivity contribution in [1.29, 1.82) is 0 Å². The largest absolute Gasteiger partial charge is 0.395 e. The highest BCUT2D eigenvalue weighted by molar-refractivity contribution is 5.41. The highest BCUT2D eigenvalue weighted by Gasteiger charge is 2.29. The molecule has 1 heterocycles. The van der Waals surface area contributed by atoms with Crippen LogP contribution in [0.3, 0.4) is 0 Å². The van der Waals surface area contributed by atoms with Gasteiger partial charge in [-0.25, -0.2) is 0 Å². The summed E-state index contributed by atoms with van der Waals surface area (Å²) in [5.74, 6) is 0.890. The summed E-state index contributed by atoms with van der Waals surface area (Å²) >= 11 is 0. The number of aryl methyl sites for hydroxylation is 1. The normalized spacial score (nSPS) is 15.6. The number of nitrogens with zero attached hydrogens (tertiary/aromatic N) is 3. The van der Waals surface area contributed by atoms with E-state index < -0.39 is 0 Å². The predicted octanol–water partition coefficient (Wildman–Crippen LogP) is 0.746. The Morgan fingerprint density at radius 2 is 2.36 bits per heavy atom. The highest BCUT2D eigenvalue weighted by Crippen LogP contribution is 2.30. The number of rotatable bonds is 4. The predicted molar refractivity (Wildman–Crippen MR) is 54.2 cm³/mol. The summed E-state index contributed by atoms with van der Waals surface area (Å²) < 4.78 is 0. The van der Waals surface area contributed by atoms with E-state index in [2.05, 4.69) is 15.1 Å². The first kappa shape index (κ1) is 9.40. The summed E-state index contributed by atoms with van der Waals surface area (Å²) in [7, 11) is 0. The average Bonchev–Trinajstić information content (AvgIpc) is 2.97. The first-order valence-electron chi connectivity index (χ1n) is 4.98. The molecule has 1 aromatic heterocycles. The zero-order valence-corrected chi connectivity index (χ0v) is 8.35. The van der Waals surface area contributed by atoms with Crippen LogP contribution in [0.2, 0.25) is 0 Å². The zero-order valence-electron chi connectivity index (χ0n) is 8.35. The van der Waals surface area contributed by atoms with Crippen molar-refractivity contribution >= 4 is 5.82 Å². The van der Waals surface area contributed by atoms with E-state index in [-0.39, 0.29) is 6.61 Å². The van der Waals surface area contributed by atoms with Crippen molar-refractivity contribution in [3.05, 3.63) is 17.8 Å². The van der Waals surface area contributed by atoms with Crippen LogP contribution >= 0.6 is 0 Å². The van der Waals surface area contributed by atoms with Gasteiger partial charge in [-0.05, 0) is 31.4 Å². The second kappa shape index (κ2) is 3.92. The summed E-state index contributed by atoms with van der Waals surface area (Å²) in [4.78, 5) is 2.14. The Bertz CT molecular complexity index is 312. The van der Waals surface area contributed by atoms with Gasteiger partial charge in [-0.1, -0.05) is 0 Å². The van der Waals surface area contributed by atoms with Crippen LogP contribution in [0.1, 0.15) is 18.4 Å². The lowest BCUT2D eigenvalue weighted by Crippen LogP contribution is -2.29. The lowest BCUT2D eigenvalue weighted by molar-refractivity contribution is 0.301. The van der Waals surface area contributed by atoms with Crippen molar-refractivity contribution in [2.24, 2.45) is 0 Å². The van der Waals surface area contributed by atoms with Gasteiger partial charge in [-0.2, -0.15) is 5.10 Å². The number of aliphatic hydroxyl groups excluding tert-OH is 1. The Kier molecular flexibility index (Phi) is 2.63. The Balaban J connectivity index is 2.16. The van der Waals surface area contributed by atoms with E-state index in [1.165, 1.54) is 12.8 Å². The molecular weight excluding hydrogens is 178 g/mol. The monoisotopic (exact) mass is 193 g/mol. The molecule has 0 aliphatic heterocycles. The van der Waals surface area contributed by atoms with Crippen molar-refractivity contribution in [2.45, 2.75) is 25.8 Å². The van der Waals surface area contributed by atoms with E-state index in [4.69, 9.17) is 5.11 Å². The van der Waals surface area contributed by atoms with Gasteiger partial charge >= 0.3 is 0 Å². The summed E-state index contributed by atoms with van der Waals surface area (Å²) in [5, 5.41) is 17.0. The molecule has 1 aliphatic carbocycles. The van der Waals surface area contributed by atoms with Gasteiger partial charge in [0.2, 0.25) is 0 Å². The molecule has 14 heavy (non-hydrogen) atoms. The summed E-state index contributed by atoms with van der Waals surface area (Å²) in [6.45, 7) is 2.83. The molecule has 1 N–H and O–H groups in total. The smallest absolute Gasteiger partial charge is 0.151 e. The third-order valence-electron chi connectivity index (χ3n) is 2.40. The zero-order chi connectivity index (χ0) is 9.97. The van der Waals surface area contributed by atoms with Crippen molar-refractivity contribution in [3.63, 3.8) is 0 Å². The molecule has 1 fully saturated rings. The lowest BCUT2D eigenvalue weighted by atomic mass is 10.3. The van der Waals surface area contributed by atoms with Crippen LogP contribution in [0, 0.1) is 6.92 Å². The molecule has 1 saturated carbocycles. The van der Waals surface area contributed by atoms with Crippen molar-refractivity contribution in [2.75, 3.05) is 18.1 Å². The first-order chi connectivity index (χ1) is 6.81. The Morgan fingerprint density at radius 1 is 1.57 bits per heavy atom. The minimum atomic E-state index is 0.173. The molecule has 2 rings (SSSR count). The minimum absolute atomic E-state index is 0.173. The summed E-state index contributed by atoms with van der Waals surface area (Å²) in [5.41, 5.74) is 1.11. The molecule has 76 valence electrons. The molecule has 1 aliphatic rings. The van der Waals surface area contributed by atoms with Crippen LogP contribution in [0.5, 0.6) is 0 Å². The highest BCUT2D eigenvalue weighted by atomic mass is 16.3. The second-order valence-corrected chi connectivity index (χ2v) is 3.74. The van der Waals surface area contributed by atoms with Crippen LogP contribution in [-0.4, -0.2) is 34.5 Å². The van der Waals surface area contributed by atoms with Crippen LogP contribution in [0.25, 0.3) is 0 Å². The quantitative estimate of drug-likeness (QED) is 0.766. The van der Waals surface area contributed by atoms with Gasteiger partial charge < -0.3 is 10.0 Å². The second-order valence-electron chi connectivity index (χ2n) is 3.74. The first-order valence-corrected chi connectivity index (χ1v) is 4.98. The number of aromatic nitrogens is 2. The van der Waals surface area contributed by atoms with Crippen LogP contribution in [-0.2, 0) is 0 Å². The van der Waals surface area contributed by atoms with E-state index in [9.17, 15) is 0 Å². The van der Waals surface area contributed by atoms with Gasteiger partial charge in [0.1, 0.15) is 0 Å². The van der Waals surface area contributed by atoms with Gasteiger partial charge in [-0.3, -0.25) is 0 Å². The Hall–Kier alpha value is -1.16. The van der Waals surface area contributed by atoms with E-state index in [0.717, 1.165) is 11.4 Å². The molecule has 4 nitrogen and oxygen atoms in total. The number of hydrogen-bond acceptors (Lipinski definition) is 4. The average molecular weight is 193 g/mol. The number of aliphatic hydroxyl groups is 1. The maximum absolute atomic E-state index is 8.95. The van der Waals surface area contributed by atoms with Gasteiger partial charge in [0.25, 0.3) is 0 Å². The molecule has 0 aromatic carbocycles. The third kappa shape index (κ3) is 2.01. The maximum Gasteiger partial charge on any atom is 0.151 e. The fourth-order valence-electron chi connectivity index (χ4n) is 1.57. The molecule has 0 amide bonds. The van der Waals surface area contributed by atoms with Gasteiger partial charge in [0.15, 0.2) is 5.82 Å². The van der Waals surface area contributed by atoms with Crippen LogP contribution < -0.4 is 4.90 Å². The molecular formula is C10H15N3O. The molecule has 0 saturated heterocycles. The molecule has 4 heteroatoms. The molecule has 0 bridgehead atoms. The van der Waals surface area contributed by atoms with Crippen molar-refractivity contribution in [1.82, 2.24) is 10.2 Å². The summed E-state index contributed by atoms with van der Waals surface area (Å²) in [6, 6.07) is 2.58. The molecule has 0 unspecified atom stereocenters. The Labute approximate surface area is 83.6 Å². The van der Waals surface area contributed by atoms with E-state index >= 15 is 0 Å². The summed E-state index contributed by atoms with van der Waals surface area (Å²) in [6.07, 6.45) is 4.15. The lowest BCUT2D eigenvalue weighted by Gasteiger charge is -2.21. The van der Waals surface area contributed by atoms with Gasteiger partial charge in [0.05, 0.1) is 12.8 Å². The van der Waals surface area contributed by atoms with Crippen LogP contribution in [0.4, 0.5) is 5.82 Å². The molecule has 0 atom stereocenters. The minimum Gasteiger partial charge on any atom is -0.395 e. The Morgan fingerprint density at radius 3 is 2.93 bits per heavy atom. The third-order valence-corrected chi connectivity index (χ3v) is 2.40. The fourth-order valence-corrected chi connectivity index (χ4v) is 1.57. The van der Waals surface area contributed by atoms with E-state index in [1.54, 1.807) is 6.20 Å². The van der Waals surface area contributed by atoms with Crippen molar-refractivity contribution < 1.29 is 5.11 Å². The SMILES string of the molecule is Cc1cnnc(N(CCO)C2CC2)c1. The van der Waals surface area contributed by atoms with Gasteiger partial charge in [-0.15, -0.1) is 5.10 Å². The number of anilines is 1. The van der Waals surface area contributed by atoms with Crippen LogP contribution in [0.15, 0.2) is 12.3 Å². The maximum atomic E-state index is 8.95. The topological polar surface area (TPSA) is 49.2 Å². The molecule has 0 radical (unpaired) electrons. The number of hydrogen-bond donors (Lipinski definition) is 1. The molecule has 1 aromatic rings. The van der Waals surface area contributed by atoms with E-state index in [1.807, 2.05) is 13.0 Å². The van der Waals surface area contributed by atoms with Crippen molar-refractivity contribution in [3.8, 4) is 0 Å². The van der Waals surface area contributed by atoms with E-state index in [0.29, 0.717) is 12.6 Å². The van der Waals surface area contributed by atoms with Gasteiger partial charge in [0, 0.05) is 12.6 Å².